The molecule has 1 aromatic carbocycles. The van der Waals surface area contributed by atoms with Gasteiger partial charge in [-0.1, -0.05) is 0 Å². The molecule has 6 heteroatoms. The first-order valence-electron chi connectivity index (χ1n) is 7.44. The van der Waals surface area contributed by atoms with Crippen LogP contribution >= 0.6 is 0 Å². The van der Waals surface area contributed by atoms with Gasteiger partial charge < -0.3 is 20.1 Å². The van der Waals surface area contributed by atoms with Crippen molar-refractivity contribution < 1.29 is 19.1 Å². The van der Waals surface area contributed by atoms with Crippen LogP contribution in [0.25, 0.3) is 0 Å². The molecule has 0 saturated carbocycles. The Balaban J connectivity index is 1.66. The molecule has 1 heterocycles. The van der Waals surface area contributed by atoms with E-state index in [1.54, 1.807) is 12.0 Å². The normalized spacial score (nSPS) is 17.3. The van der Waals surface area contributed by atoms with Crippen LogP contribution < -0.4 is 15.2 Å². The zero-order valence-electron chi connectivity index (χ0n) is 12.8. The number of carbonyl (C=O) groups is 2. The minimum absolute atomic E-state index is 0.0575. The second-order valence-electron chi connectivity index (χ2n) is 5.36. The summed E-state index contributed by atoms with van der Waals surface area (Å²) in [6.07, 6.45) is 1.73. The second kappa shape index (κ2) is 7.68. The monoisotopic (exact) mass is 306 g/mol. The number of likely N-dealkylation sites (tertiary alicyclic amines) is 1. The average Bonchev–Trinajstić information content (AvgIpc) is 3.02. The maximum Gasteiger partial charge on any atom is 0.222 e. The fourth-order valence-corrected chi connectivity index (χ4v) is 2.46. The minimum Gasteiger partial charge on any atom is -0.497 e. The Hall–Kier alpha value is -2.24. The molecule has 1 fully saturated rings. The summed E-state index contributed by atoms with van der Waals surface area (Å²) in [6.45, 7) is 1.55. The lowest BCUT2D eigenvalue weighted by Gasteiger charge is -2.16. The van der Waals surface area contributed by atoms with Crippen molar-refractivity contribution in [3.63, 3.8) is 0 Å². The van der Waals surface area contributed by atoms with Gasteiger partial charge in [-0.2, -0.15) is 0 Å². The van der Waals surface area contributed by atoms with Gasteiger partial charge in [0.15, 0.2) is 0 Å². The van der Waals surface area contributed by atoms with Crippen LogP contribution in [-0.2, 0) is 9.59 Å². The van der Waals surface area contributed by atoms with Gasteiger partial charge in [0, 0.05) is 19.5 Å². The van der Waals surface area contributed by atoms with Gasteiger partial charge in [0.2, 0.25) is 11.8 Å². The van der Waals surface area contributed by atoms with Crippen molar-refractivity contribution in [1.29, 1.82) is 0 Å². The molecule has 2 rings (SSSR count). The summed E-state index contributed by atoms with van der Waals surface area (Å²) in [7, 11) is 1.61. The predicted octanol–water partition coefficient (Wildman–Crippen LogP) is 1.19. The summed E-state index contributed by atoms with van der Waals surface area (Å²) in [5, 5.41) is 0. The highest BCUT2D eigenvalue weighted by molar-refractivity contribution is 5.81. The first-order chi connectivity index (χ1) is 10.6. The standard InChI is InChI=1S/C16H22N2O4/c1-21-13-4-6-14(7-5-13)22-10-2-3-15(19)18-9-8-12(11-18)16(17)20/h4-7,12H,2-3,8-11H2,1H3,(H2,17,20). The summed E-state index contributed by atoms with van der Waals surface area (Å²) in [5.41, 5.74) is 5.26. The smallest absolute Gasteiger partial charge is 0.222 e. The van der Waals surface area contributed by atoms with Crippen LogP contribution in [0.1, 0.15) is 19.3 Å². The molecule has 0 aliphatic carbocycles. The highest BCUT2D eigenvalue weighted by Crippen LogP contribution is 2.18. The summed E-state index contributed by atoms with van der Waals surface area (Å²) >= 11 is 0. The number of hydrogen-bond donors (Lipinski definition) is 1. The molecule has 0 radical (unpaired) electrons. The molecule has 0 spiro atoms. The lowest BCUT2D eigenvalue weighted by atomic mass is 10.1. The van der Waals surface area contributed by atoms with Crippen LogP contribution in [-0.4, -0.2) is 43.5 Å². The Kier molecular flexibility index (Phi) is 5.63. The van der Waals surface area contributed by atoms with Crippen LogP contribution in [0, 0.1) is 5.92 Å². The van der Waals surface area contributed by atoms with Gasteiger partial charge in [0.25, 0.3) is 0 Å². The summed E-state index contributed by atoms with van der Waals surface area (Å²) in [6, 6.07) is 7.32. The first-order valence-corrected chi connectivity index (χ1v) is 7.44. The molecule has 1 aliphatic rings. The number of nitrogens with two attached hydrogens (primary N) is 1. The van der Waals surface area contributed by atoms with Gasteiger partial charge in [-0.3, -0.25) is 9.59 Å². The van der Waals surface area contributed by atoms with Crippen LogP contribution in [0.5, 0.6) is 11.5 Å². The van der Waals surface area contributed by atoms with Crippen molar-refractivity contribution in [2.75, 3.05) is 26.8 Å². The van der Waals surface area contributed by atoms with Crippen molar-refractivity contribution >= 4 is 11.8 Å². The third-order valence-electron chi connectivity index (χ3n) is 3.81. The van der Waals surface area contributed by atoms with Gasteiger partial charge in [0.05, 0.1) is 19.6 Å². The van der Waals surface area contributed by atoms with Gasteiger partial charge in [0.1, 0.15) is 11.5 Å². The van der Waals surface area contributed by atoms with E-state index in [1.807, 2.05) is 24.3 Å². The van der Waals surface area contributed by atoms with Crippen LogP contribution in [0.2, 0.25) is 0 Å². The Labute approximate surface area is 130 Å². The number of methoxy groups -OCH3 is 1. The molecular formula is C16H22N2O4. The van der Waals surface area contributed by atoms with Crippen LogP contribution in [0.4, 0.5) is 0 Å². The summed E-state index contributed by atoms with van der Waals surface area (Å²) in [5.74, 6) is 1.07. The van der Waals surface area contributed by atoms with E-state index < -0.39 is 0 Å². The van der Waals surface area contributed by atoms with E-state index >= 15 is 0 Å². The third-order valence-corrected chi connectivity index (χ3v) is 3.81. The molecular weight excluding hydrogens is 284 g/mol. The van der Waals surface area contributed by atoms with E-state index in [2.05, 4.69) is 0 Å². The number of ether oxygens (including phenoxy) is 2. The lowest BCUT2D eigenvalue weighted by Crippen LogP contribution is -2.31. The van der Waals surface area contributed by atoms with Gasteiger partial charge in [-0.15, -0.1) is 0 Å². The van der Waals surface area contributed by atoms with E-state index in [-0.39, 0.29) is 17.7 Å². The predicted molar refractivity (Wildman–Crippen MR) is 81.6 cm³/mol. The number of rotatable bonds is 7. The van der Waals surface area contributed by atoms with E-state index in [0.717, 1.165) is 11.5 Å². The number of amides is 2. The third kappa shape index (κ3) is 4.38. The highest BCUT2D eigenvalue weighted by Gasteiger charge is 2.29. The van der Waals surface area contributed by atoms with Crippen LogP contribution in [0.15, 0.2) is 24.3 Å². The maximum absolute atomic E-state index is 12.0. The Morgan fingerprint density at radius 2 is 1.95 bits per heavy atom. The van der Waals surface area contributed by atoms with Crippen molar-refractivity contribution in [2.24, 2.45) is 11.7 Å². The Bertz CT molecular complexity index is 515. The molecule has 6 nitrogen and oxygen atoms in total. The van der Waals surface area contributed by atoms with Crippen molar-refractivity contribution in [1.82, 2.24) is 4.90 Å². The molecule has 2 amide bonds. The Morgan fingerprint density at radius 1 is 1.27 bits per heavy atom. The fourth-order valence-electron chi connectivity index (χ4n) is 2.46. The van der Waals surface area contributed by atoms with E-state index in [4.69, 9.17) is 15.2 Å². The summed E-state index contributed by atoms with van der Waals surface area (Å²) < 4.78 is 10.6. The lowest BCUT2D eigenvalue weighted by molar-refractivity contribution is -0.130. The minimum atomic E-state index is -0.321. The number of nitrogens with zero attached hydrogens (tertiary/aromatic N) is 1. The molecule has 0 bridgehead atoms. The quantitative estimate of drug-likeness (QED) is 0.767. The van der Waals surface area contributed by atoms with Crippen molar-refractivity contribution in [3.05, 3.63) is 24.3 Å². The SMILES string of the molecule is COc1ccc(OCCCC(=O)N2CCC(C(N)=O)C2)cc1. The van der Waals surface area contributed by atoms with E-state index in [0.29, 0.717) is 39.0 Å². The molecule has 1 aliphatic heterocycles. The topological polar surface area (TPSA) is 81.9 Å². The molecule has 120 valence electrons. The zero-order chi connectivity index (χ0) is 15.9. The number of primary amides is 1. The Morgan fingerprint density at radius 3 is 2.55 bits per heavy atom. The van der Waals surface area contributed by atoms with Crippen LogP contribution in [0.3, 0.4) is 0 Å². The largest absolute Gasteiger partial charge is 0.497 e. The number of carbonyl (C=O) groups excluding carboxylic acids is 2. The molecule has 22 heavy (non-hydrogen) atoms. The molecule has 1 unspecified atom stereocenters. The average molecular weight is 306 g/mol. The highest BCUT2D eigenvalue weighted by atomic mass is 16.5. The van der Waals surface area contributed by atoms with E-state index in [9.17, 15) is 9.59 Å². The number of hydrogen-bond acceptors (Lipinski definition) is 4. The molecule has 1 saturated heterocycles. The van der Waals surface area contributed by atoms with E-state index in [1.165, 1.54) is 0 Å². The fraction of sp³-hybridized carbons (Fsp3) is 0.500. The molecule has 1 aromatic rings. The van der Waals surface area contributed by atoms with Crippen molar-refractivity contribution in [3.8, 4) is 11.5 Å². The van der Waals surface area contributed by atoms with Gasteiger partial charge in [-0.25, -0.2) is 0 Å². The second-order valence-corrected chi connectivity index (χ2v) is 5.36. The number of benzene rings is 1. The maximum atomic E-state index is 12.0. The molecule has 0 aromatic heterocycles. The molecule has 2 N–H and O–H groups in total. The van der Waals surface area contributed by atoms with Gasteiger partial charge in [-0.05, 0) is 37.1 Å². The van der Waals surface area contributed by atoms with Gasteiger partial charge >= 0.3 is 0 Å². The zero-order valence-corrected chi connectivity index (χ0v) is 12.8. The first kappa shape index (κ1) is 16.1. The van der Waals surface area contributed by atoms with Crippen molar-refractivity contribution in [2.45, 2.75) is 19.3 Å². The molecule has 1 atom stereocenters. The summed E-state index contributed by atoms with van der Waals surface area (Å²) in [4.78, 5) is 24.8.